The molecule has 0 saturated carbocycles. The van der Waals surface area contributed by atoms with Gasteiger partial charge in [0.25, 0.3) is 0 Å². The van der Waals surface area contributed by atoms with Crippen LogP contribution in [0.4, 0.5) is 6.01 Å². The molecule has 2 aromatic rings. The standard InChI is InChI=1S/C17H24N4O/c1-13(20(2)3)14-9-11-21(12-10-14)17-18-16(19-22-17)15-7-5-4-6-8-15/h4-8,13-14H,9-12H2,1-3H3. The van der Waals surface area contributed by atoms with Crippen LogP contribution in [0.3, 0.4) is 0 Å². The van der Waals surface area contributed by atoms with Crippen LogP contribution in [-0.2, 0) is 0 Å². The highest BCUT2D eigenvalue weighted by molar-refractivity contribution is 5.55. The molecule has 1 aliphatic rings. The van der Waals surface area contributed by atoms with Crippen molar-refractivity contribution in [3.05, 3.63) is 30.3 Å². The summed E-state index contributed by atoms with van der Waals surface area (Å²) in [6.07, 6.45) is 2.34. The third-order valence-corrected chi connectivity index (χ3v) is 4.75. The van der Waals surface area contributed by atoms with Crippen molar-refractivity contribution in [3.8, 4) is 11.4 Å². The van der Waals surface area contributed by atoms with Crippen LogP contribution in [0.15, 0.2) is 34.9 Å². The fraction of sp³-hybridized carbons (Fsp3) is 0.529. The van der Waals surface area contributed by atoms with Crippen molar-refractivity contribution in [3.63, 3.8) is 0 Å². The summed E-state index contributed by atoms with van der Waals surface area (Å²) in [5.41, 5.74) is 0.994. The van der Waals surface area contributed by atoms with E-state index in [-0.39, 0.29) is 0 Å². The molecule has 0 bridgehead atoms. The van der Waals surface area contributed by atoms with Crippen molar-refractivity contribution in [2.75, 3.05) is 32.1 Å². The van der Waals surface area contributed by atoms with Gasteiger partial charge in [-0.1, -0.05) is 35.5 Å². The molecular formula is C17H24N4O. The Kier molecular flexibility index (Phi) is 4.43. The second kappa shape index (κ2) is 6.48. The lowest BCUT2D eigenvalue weighted by Crippen LogP contribution is -2.41. The minimum Gasteiger partial charge on any atom is -0.324 e. The number of aromatic nitrogens is 2. The molecule has 1 aromatic heterocycles. The largest absolute Gasteiger partial charge is 0.324 e. The third-order valence-electron chi connectivity index (χ3n) is 4.75. The highest BCUT2D eigenvalue weighted by Gasteiger charge is 2.27. The van der Waals surface area contributed by atoms with E-state index < -0.39 is 0 Å². The zero-order valence-electron chi connectivity index (χ0n) is 13.6. The highest BCUT2D eigenvalue weighted by Crippen LogP contribution is 2.27. The number of hydrogen-bond donors (Lipinski definition) is 0. The van der Waals surface area contributed by atoms with Gasteiger partial charge in [-0.25, -0.2) is 0 Å². The summed E-state index contributed by atoms with van der Waals surface area (Å²) in [7, 11) is 4.31. The van der Waals surface area contributed by atoms with Gasteiger partial charge in [-0.05, 0) is 39.8 Å². The molecule has 2 heterocycles. The summed E-state index contributed by atoms with van der Waals surface area (Å²) in [4.78, 5) is 9.06. The average molecular weight is 300 g/mol. The van der Waals surface area contributed by atoms with Crippen molar-refractivity contribution in [1.29, 1.82) is 0 Å². The van der Waals surface area contributed by atoms with Gasteiger partial charge in [0, 0.05) is 24.7 Å². The van der Waals surface area contributed by atoms with Crippen LogP contribution in [0.5, 0.6) is 0 Å². The van der Waals surface area contributed by atoms with Crippen LogP contribution in [0.2, 0.25) is 0 Å². The minimum atomic E-state index is 0.615. The van der Waals surface area contributed by atoms with E-state index >= 15 is 0 Å². The molecule has 22 heavy (non-hydrogen) atoms. The summed E-state index contributed by atoms with van der Waals surface area (Å²) >= 11 is 0. The van der Waals surface area contributed by atoms with E-state index in [0.29, 0.717) is 17.9 Å². The van der Waals surface area contributed by atoms with Crippen LogP contribution in [0.25, 0.3) is 11.4 Å². The first-order chi connectivity index (χ1) is 10.6. The first-order valence-electron chi connectivity index (χ1n) is 7.95. The van der Waals surface area contributed by atoms with Crippen molar-refractivity contribution in [1.82, 2.24) is 15.0 Å². The molecular weight excluding hydrogens is 276 g/mol. The molecule has 0 spiro atoms. The molecule has 3 rings (SSSR count). The summed E-state index contributed by atoms with van der Waals surface area (Å²) in [6.45, 7) is 4.28. The molecule has 118 valence electrons. The fourth-order valence-corrected chi connectivity index (χ4v) is 3.04. The predicted molar refractivity (Wildman–Crippen MR) is 87.8 cm³/mol. The summed E-state index contributed by atoms with van der Waals surface area (Å²) in [5, 5.41) is 4.11. The second-order valence-electron chi connectivity index (χ2n) is 6.30. The van der Waals surface area contributed by atoms with Gasteiger partial charge in [-0.3, -0.25) is 0 Å². The Morgan fingerprint density at radius 1 is 1.18 bits per heavy atom. The summed E-state index contributed by atoms with van der Waals surface area (Å²) in [5.74, 6) is 1.40. The van der Waals surface area contributed by atoms with Crippen LogP contribution in [-0.4, -0.2) is 48.3 Å². The lowest BCUT2D eigenvalue weighted by Gasteiger charge is -2.36. The maximum atomic E-state index is 5.46. The van der Waals surface area contributed by atoms with E-state index in [1.165, 1.54) is 12.8 Å². The molecule has 0 N–H and O–H groups in total. The zero-order valence-corrected chi connectivity index (χ0v) is 13.6. The predicted octanol–water partition coefficient (Wildman–Crippen LogP) is 2.90. The SMILES string of the molecule is CC(C1CCN(c2nc(-c3ccccc3)no2)CC1)N(C)C. The number of nitrogens with zero attached hydrogens (tertiary/aromatic N) is 4. The van der Waals surface area contributed by atoms with Crippen LogP contribution in [0.1, 0.15) is 19.8 Å². The van der Waals surface area contributed by atoms with E-state index in [1.807, 2.05) is 30.3 Å². The first kappa shape index (κ1) is 15.0. The van der Waals surface area contributed by atoms with Crippen molar-refractivity contribution >= 4 is 6.01 Å². The second-order valence-corrected chi connectivity index (χ2v) is 6.30. The molecule has 1 aromatic carbocycles. The maximum absolute atomic E-state index is 5.46. The van der Waals surface area contributed by atoms with Crippen molar-refractivity contribution < 1.29 is 4.52 Å². The maximum Gasteiger partial charge on any atom is 0.324 e. The molecule has 5 nitrogen and oxygen atoms in total. The number of piperidine rings is 1. The monoisotopic (exact) mass is 300 g/mol. The van der Waals surface area contributed by atoms with E-state index in [1.54, 1.807) is 0 Å². The number of anilines is 1. The Labute approximate surface area is 131 Å². The van der Waals surface area contributed by atoms with Crippen LogP contribution < -0.4 is 4.90 Å². The van der Waals surface area contributed by atoms with Crippen molar-refractivity contribution in [2.24, 2.45) is 5.92 Å². The highest BCUT2D eigenvalue weighted by atomic mass is 16.5. The van der Waals surface area contributed by atoms with E-state index in [2.05, 4.69) is 41.0 Å². The van der Waals surface area contributed by atoms with E-state index in [0.717, 1.165) is 24.6 Å². The van der Waals surface area contributed by atoms with Gasteiger partial charge in [-0.2, -0.15) is 4.98 Å². The lowest BCUT2D eigenvalue weighted by molar-refractivity contribution is 0.196. The number of rotatable bonds is 4. The Balaban J connectivity index is 1.64. The quantitative estimate of drug-likeness (QED) is 0.869. The van der Waals surface area contributed by atoms with Crippen LogP contribution >= 0.6 is 0 Å². The molecule has 5 heteroatoms. The first-order valence-corrected chi connectivity index (χ1v) is 7.95. The van der Waals surface area contributed by atoms with Crippen LogP contribution in [0, 0.1) is 5.92 Å². The third kappa shape index (κ3) is 3.14. The molecule has 1 saturated heterocycles. The molecule has 0 amide bonds. The van der Waals surface area contributed by atoms with Crippen molar-refractivity contribution in [2.45, 2.75) is 25.8 Å². The topological polar surface area (TPSA) is 45.4 Å². The van der Waals surface area contributed by atoms with Gasteiger partial charge in [0.2, 0.25) is 5.82 Å². The lowest BCUT2D eigenvalue weighted by atomic mass is 9.90. The molecule has 1 fully saturated rings. The van der Waals surface area contributed by atoms with Gasteiger partial charge < -0.3 is 14.3 Å². The normalized spacial score (nSPS) is 17.9. The van der Waals surface area contributed by atoms with Gasteiger partial charge in [0.15, 0.2) is 0 Å². The Bertz CT molecular complexity index is 588. The number of hydrogen-bond acceptors (Lipinski definition) is 5. The zero-order chi connectivity index (χ0) is 15.5. The Morgan fingerprint density at radius 3 is 2.50 bits per heavy atom. The minimum absolute atomic E-state index is 0.615. The van der Waals surface area contributed by atoms with Gasteiger partial charge in [0.05, 0.1) is 0 Å². The molecule has 1 unspecified atom stereocenters. The number of benzene rings is 1. The van der Waals surface area contributed by atoms with Gasteiger partial charge in [-0.15, -0.1) is 0 Å². The molecule has 0 radical (unpaired) electrons. The smallest absolute Gasteiger partial charge is 0.324 e. The van der Waals surface area contributed by atoms with Gasteiger partial charge in [0.1, 0.15) is 0 Å². The average Bonchev–Trinajstić information content (AvgIpc) is 3.05. The van der Waals surface area contributed by atoms with E-state index in [9.17, 15) is 0 Å². The fourth-order valence-electron chi connectivity index (χ4n) is 3.04. The molecule has 0 aliphatic carbocycles. The van der Waals surface area contributed by atoms with E-state index in [4.69, 9.17) is 4.52 Å². The molecule has 1 aliphatic heterocycles. The Morgan fingerprint density at radius 2 is 1.86 bits per heavy atom. The summed E-state index contributed by atoms with van der Waals surface area (Å²) in [6, 6.07) is 11.2. The Hall–Kier alpha value is -1.88. The summed E-state index contributed by atoms with van der Waals surface area (Å²) < 4.78 is 5.46. The molecule has 1 atom stereocenters. The van der Waals surface area contributed by atoms with Gasteiger partial charge >= 0.3 is 6.01 Å².